The second-order valence-electron chi connectivity index (χ2n) is 10.7. The molecule has 1 aromatic heterocycles. The fourth-order valence-corrected chi connectivity index (χ4v) is 5.27. The third-order valence-electron chi connectivity index (χ3n) is 7.33. The average molecular weight is 548 g/mol. The van der Waals surface area contributed by atoms with Crippen molar-refractivity contribution in [2.24, 2.45) is 0 Å². The quantitative estimate of drug-likeness (QED) is 0.617. The van der Waals surface area contributed by atoms with Gasteiger partial charge < -0.3 is 20.0 Å². The van der Waals surface area contributed by atoms with E-state index in [0.717, 1.165) is 50.4 Å². The lowest BCUT2D eigenvalue weighted by Gasteiger charge is -2.45. The number of carbonyl (C=O) groups is 2. The van der Waals surface area contributed by atoms with Gasteiger partial charge in [-0.15, -0.1) is 0 Å². The molecule has 1 aromatic carbocycles. The number of rotatable bonds is 5. The van der Waals surface area contributed by atoms with Crippen LogP contribution in [0.25, 0.3) is 0 Å². The highest BCUT2D eigenvalue weighted by molar-refractivity contribution is 5.93. The van der Waals surface area contributed by atoms with Gasteiger partial charge in [-0.3, -0.25) is 9.69 Å². The molecule has 3 amide bonds. The second-order valence-corrected chi connectivity index (χ2v) is 10.7. The minimum Gasteiger partial charge on any atom is -0.345 e. The van der Waals surface area contributed by atoms with Crippen LogP contribution < -0.4 is 10.2 Å². The Morgan fingerprint density at radius 3 is 2.08 bits per heavy atom. The molecule has 12 heteroatoms. The van der Waals surface area contributed by atoms with E-state index in [2.05, 4.69) is 20.2 Å². The summed E-state index contributed by atoms with van der Waals surface area (Å²) in [6.07, 6.45) is -1.21. The number of amides is 3. The van der Waals surface area contributed by atoms with Gasteiger partial charge in [0.25, 0.3) is 5.91 Å². The van der Waals surface area contributed by atoms with Crippen molar-refractivity contribution in [1.29, 1.82) is 0 Å². The monoisotopic (exact) mass is 547 g/mol. The van der Waals surface area contributed by atoms with Crippen LogP contribution in [0.4, 0.5) is 23.9 Å². The van der Waals surface area contributed by atoms with Crippen LogP contribution in [0.3, 0.4) is 0 Å². The maximum absolute atomic E-state index is 13.2. The zero-order valence-corrected chi connectivity index (χ0v) is 22.8. The van der Waals surface area contributed by atoms with E-state index in [0.29, 0.717) is 18.7 Å². The van der Waals surface area contributed by atoms with Gasteiger partial charge in [-0.05, 0) is 44.4 Å². The number of anilines is 1. The molecule has 2 saturated heterocycles. The van der Waals surface area contributed by atoms with Gasteiger partial charge in [-0.25, -0.2) is 14.8 Å². The Hall–Kier alpha value is -3.41. The molecule has 2 aliphatic heterocycles. The largest absolute Gasteiger partial charge is 0.419 e. The van der Waals surface area contributed by atoms with Crippen LogP contribution in [0.15, 0.2) is 36.7 Å². The van der Waals surface area contributed by atoms with Crippen LogP contribution in [0.1, 0.15) is 48.2 Å². The number of urea groups is 1. The predicted molar refractivity (Wildman–Crippen MR) is 141 cm³/mol. The molecule has 0 unspecified atom stereocenters. The third kappa shape index (κ3) is 6.97. The number of nitrogens with zero attached hydrogens (tertiary/aromatic N) is 6. The number of piperidine rings is 1. The maximum atomic E-state index is 13.2. The number of likely N-dealkylation sites (tertiary alicyclic amines) is 1. The molecule has 1 N–H and O–H groups in total. The Labute approximate surface area is 227 Å². The van der Waals surface area contributed by atoms with Crippen molar-refractivity contribution in [1.82, 2.24) is 30.0 Å². The number of alkyl halides is 3. The zero-order chi connectivity index (χ0) is 28.3. The van der Waals surface area contributed by atoms with Crippen LogP contribution in [-0.4, -0.2) is 95.0 Å². The van der Waals surface area contributed by atoms with E-state index in [1.807, 2.05) is 47.9 Å². The Balaban J connectivity index is 1.25. The summed E-state index contributed by atoms with van der Waals surface area (Å²) in [5, 5.41) is 3.19. The van der Waals surface area contributed by atoms with E-state index >= 15 is 0 Å². The molecule has 0 aliphatic carbocycles. The number of aromatic nitrogens is 2. The zero-order valence-electron chi connectivity index (χ0n) is 22.8. The molecule has 3 heterocycles. The number of nitrogens with one attached hydrogen (secondary N) is 1. The third-order valence-corrected chi connectivity index (χ3v) is 7.33. The summed E-state index contributed by atoms with van der Waals surface area (Å²) < 4.78 is 38.5. The Morgan fingerprint density at radius 2 is 1.56 bits per heavy atom. The van der Waals surface area contributed by atoms with E-state index in [1.165, 1.54) is 0 Å². The number of benzene rings is 1. The predicted octanol–water partition coefficient (Wildman–Crippen LogP) is 3.47. The fraction of sp³-hybridized carbons (Fsp3) is 0.556. The van der Waals surface area contributed by atoms with Crippen molar-refractivity contribution < 1.29 is 22.8 Å². The molecule has 4 rings (SSSR count). The topological polar surface area (TPSA) is 84.9 Å². The standard InChI is InChI=1S/C27H36F3N7O2/c1-18-15-36(25-31-13-22(14-32-25)27(28,29)30)16-19(2)37(18)26(39)33-23-9-11-35(12-10-23)17-20-5-7-21(8-6-20)24(38)34(3)4/h5-8,13-14,18-19,23H,9-12,15-17H2,1-4H3,(H,33,39)/t18-,19+. The van der Waals surface area contributed by atoms with E-state index in [9.17, 15) is 22.8 Å². The summed E-state index contributed by atoms with van der Waals surface area (Å²) in [4.78, 5) is 40.6. The summed E-state index contributed by atoms with van der Waals surface area (Å²) in [6.45, 7) is 7.21. The summed E-state index contributed by atoms with van der Waals surface area (Å²) in [5.41, 5.74) is 0.928. The van der Waals surface area contributed by atoms with Crippen LogP contribution in [-0.2, 0) is 12.7 Å². The molecule has 2 fully saturated rings. The number of piperazine rings is 1. The van der Waals surface area contributed by atoms with Crippen LogP contribution in [0, 0.1) is 0 Å². The number of hydrogen-bond acceptors (Lipinski definition) is 6. The number of carbonyl (C=O) groups excluding carboxylic acids is 2. The van der Waals surface area contributed by atoms with Crippen molar-refractivity contribution in [3.8, 4) is 0 Å². The minimum absolute atomic E-state index is 0.0175. The number of halogens is 3. The van der Waals surface area contributed by atoms with Crippen molar-refractivity contribution in [2.75, 3.05) is 45.2 Å². The molecule has 39 heavy (non-hydrogen) atoms. The van der Waals surface area contributed by atoms with Gasteiger partial charge in [0.15, 0.2) is 0 Å². The summed E-state index contributed by atoms with van der Waals surface area (Å²) in [6, 6.07) is 7.31. The molecule has 212 valence electrons. The van der Waals surface area contributed by atoms with Gasteiger partial charge in [0.05, 0.1) is 5.56 Å². The summed E-state index contributed by atoms with van der Waals surface area (Å²) in [5.74, 6) is 0.212. The highest BCUT2D eigenvalue weighted by Gasteiger charge is 2.36. The van der Waals surface area contributed by atoms with Crippen molar-refractivity contribution >= 4 is 17.9 Å². The van der Waals surface area contributed by atoms with Gasteiger partial charge in [0.1, 0.15) is 0 Å². The first-order chi connectivity index (χ1) is 18.4. The van der Waals surface area contributed by atoms with E-state index < -0.39 is 11.7 Å². The van der Waals surface area contributed by atoms with Crippen molar-refractivity contribution in [3.05, 3.63) is 53.3 Å². The lowest BCUT2D eigenvalue weighted by atomic mass is 10.0. The molecular weight excluding hydrogens is 511 g/mol. The minimum atomic E-state index is -4.48. The molecule has 9 nitrogen and oxygen atoms in total. The lowest BCUT2D eigenvalue weighted by molar-refractivity contribution is -0.138. The van der Waals surface area contributed by atoms with Crippen molar-refractivity contribution in [2.45, 2.75) is 57.5 Å². The normalized spacial score (nSPS) is 21.1. The Kier molecular flexibility index (Phi) is 8.63. The molecular formula is C27H36F3N7O2. The average Bonchev–Trinajstić information content (AvgIpc) is 2.89. The first kappa shape index (κ1) is 28.6. The Morgan fingerprint density at radius 1 is 1.00 bits per heavy atom. The van der Waals surface area contributed by atoms with Crippen molar-refractivity contribution in [3.63, 3.8) is 0 Å². The Bertz CT molecular complexity index is 1120. The van der Waals surface area contributed by atoms with E-state index in [-0.39, 0.29) is 36.0 Å². The van der Waals surface area contributed by atoms with Crippen LogP contribution in [0.2, 0.25) is 0 Å². The maximum Gasteiger partial charge on any atom is 0.419 e. The summed E-state index contributed by atoms with van der Waals surface area (Å²) in [7, 11) is 3.47. The van der Waals surface area contributed by atoms with Crippen LogP contribution in [0.5, 0.6) is 0 Å². The first-order valence-electron chi connectivity index (χ1n) is 13.2. The molecule has 0 spiro atoms. The fourth-order valence-electron chi connectivity index (χ4n) is 5.27. The molecule has 0 bridgehead atoms. The van der Waals surface area contributed by atoms with Gasteiger partial charge in [0.2, 0.25) is 5.95 Å². The molecule has 0 saturated carbocycles. The van der Waals surface area contributed by atoms with E-state index in [1.54, 1.807) is 19.0 Å². The van der Waals surface area contributed by atoms with Gasteiger partial charge >= 0.3 is 12.2 Å². The second kappa shape index (κ2) is 11.8. The smallest absolute Gasteiger partial charge is 0.345 e. The van der Waals surface area contributed by atoms with Gasteiger partial charge in [0, 0.05) is 82.9 Å². The lowest BCUT2D eigenvalue weighted by Crippen LogP contribution is -2.62. The van der Waals surface area contributed by atoms with Gasteiger partial charge in [-0.1, -0.05) is 12.1 Å². The summed E-state index contributed by atoms with van der Waals surface area (Å²) >= 11 is 0. The molecule has 0 radical (unpaired) electrons. The van der Waals surface area contributed by atoms with E-state index in [4.69, 9.17) is 0 Å². The highest BCUT2D eigenvalue weighted by Crippen LogP contribution is 2.29. The molecule has 2 atom stereocenters. The number of hydrogen-bond donors (Lipinski definition) is 1. The highest BCUT2D eigenvalue weighted by atomic mass is 19.4. The molecule has 2 aromatic rings. The SMILES string of the molecule is C[C@@H]1CN(c2ncc(C(F)(F)F)cn2)C[C@H](C)N1C(=O)NC1CCN(Cc2ccc(C(=O)N(C)C)cc2)CC1. The molecule has 2 aliphatic rings. The first-order valence-corrected chi connectivity index (χ1v) is 13.2. The van der Waals surface area contributed by atoms with Gasteiger partial charge in [-0.2, -0.15) is 13.2 Å². The van der Waals surface area contributed by atoms with Crippen LogP contribution >= 0.6 is 0 Å².